The molecule has 0 saturated carbocycles. The first-order valence-electron chi connectivity index (χ1n) is 18.8. The van der Waals surface area contributed by atoms with Gasteiger partial charge in [0.2, 0.25) is 0 Å². The highest BCUT2D eigenvalue weighted by Crippen LogP contribution is 2.52. The molecule has 0 N–H and O–H groups in total. The number of rotatable bonds is 3. The Kier molecular flexibility index (Phi) is 5.66. The second kappa shape index (κ2) is 10.3. The lowest BCUT2D eigenvalue weighted by molar-refractivity contribution is 0.661. The first-order valence-corrected chi connectivity index (χ1v) is 18.8. The molecule has 0 amide bonds. The minimum absolute atomic E-state index is 0.106. The fraction of sp³-hybridized carbons (Fsp3) is 0.0566. The fourth-order valence-electron chi connectivity index (χ4n) is 9.97. The average molecular weight is 671 g/mol. The summed E-state index contributed by atoms with van der Waals surface area (Å²) in [6.07, 6.45) is 0. The van der Waals surface area contributed by atoms with Gasteiger partial charge in [0.15, 0.2) is 0 Å². The summed E-state index contributed by atoms with van der Waals surface area (Å²) in [7, 11) is 0. The van der Waals surface area contributed by atoms with Crippen LogP contribution in [0, 0.1) is 0 Å². The standard InChI is InChI=1S/C53H34/c1-53(2)47-29-37(31-7-4-3-5-8-31)19-24-42(47)43-25-20-38(30-48(43)53)39-21-13-35-18-28-46-41(23-15-36-17-26-44(39)51(35)52(36)46)40-22-14-34-12-11-32-9-6-10-33-16-27-45(40)50(34)49(32)33/h3-30H,1-2H3. The molecule has 0 heterocycles. The van der Waals surface area contributed by atoms with Crippen LogP contribution in [0.3, 0.4) is 0 Å². The third kappa shape index (κ3) is 3.90. The van der Waals surface area contributed by atoms with Gasteiger partial charge in [0, 0.05) is 5.41 Å². The van der Waals surface area contributed by atoms with Crippen molar-refractivity contribution in [2.24, 2.45) is 0 Å². The molecule has 1 aliphatic carbocycles. The summed E-state index contributed by atoms with van der Waals surface area (Å²) in [4.78, 5) is 0. The van der Waals surface area contributed by atoms with E-state index in [2.05, 4.69) is 184 Å². The van der Waals surface area contributed by atoms with Crippen molar-refractivity contribution >= 4 is 64.6 Å². The zero-order valence-electron chi connectivity index (χ0n) is 29.7. The van der Waals surface area contributed by atoms with E-state index in [-0.39, 0.29) is 5.41 Å². The van der Waals surface area contributed by atoms with Gasteiger partial charge in [-0.25, -0.2) is 0 Å². The maximum Gasteiger partial charge on any atom is 0.0159 e. The van der Waals surface area contributed by atoms with Crippen molar-refractivity contribution in [2.75, 3.05) is 0 Å². The van der Waals surface area contributed by atoms with Crippen molar-refractivity contribution in [1.82, 2.24) is 0 Å². The van der Waals surface area contributed by atoms with Gasteiger partial charge in [0.05, 0.1) is 0 Å². The van der Waals surface area contributed by atoms with Crippen molar-refractivity contribution in [3.8, 4) is 44.5 Å². The van der Waals surface area contributed by atoms with Crippen molar-refractivity contribution in [3.63, 3.8) is 0 Å². The first-order chi connectivity index (χ1) is 26.0. The predicted octanol–water partition coefficient (Wildman–Crippen LogP) is 14.8. The maximum atomic E-state index is 2.47. The van der Waals surface area contributed by atoms with E-state index in [1.165, 1.54) is 120 Å². The summed E-state index contributed by atoms with van der Waals surface area (Å²) >= 11 is 0. The minimum Gasteiger partial charge on any atom is -0.0622 e. The van der Waals surface area contributed by atoms with Crippen molar-refractivity contribution in [2.45, 2.75) is 19.3 Å². The van der Waals surface area contributed by atoms with Gasteiger partial charge in [-0.3, -0.25) is 0 Å². The highest BCUT2D eigenvalue weighted by molar-refractivity contribution is 6.30. The van der Waals surface area contributed by atoms with Gasteiger partial charge in [-0.1, -0.05) is 172 Å². The molecule has 11 aromatic carbocycles. The Balaban J connectivity index is 1.04. The zero-order chi connectivity index (χ0) is 35.0. The van der Waals surface area contributed by atoms with Crippen LogP contribution in [0.25, 0.3) is 109 Å². The Morgan fingerprint density at radius 2 is 0.698 bits per heavy atom. The van der Waals surface area contributed by atoms with Crippen LogP contribution in [0.1, 0.15) is 25.0 Å². The lowest BCUT2D eigenvalue weighted by Crippen LogP contribution is -2.15. The second-order valence-corrected chi connectivity index (χ2v) is 15.6. The molecule has 0 atom stereocenters. The summed E-state index contributed by atoms with van der Waals surface area (Å²) in [6, 6.07) is 64.2. The molecule has 0 nitrogen and oxygen atoms in total. The van der Waals surface area contributed by atoms with Crippen LogP contribution in [0.15, 0.2) is 170 Å². The monoisotopic (exact) mass is 670 g/mol. The Bertz CT molecular complexity index is 3270. The summed E-state index contributed by atoms with van der Waals surface area (Å²) in [5.74, 6) is 0. The van der Waals surface area contributed by atoms with Crippen LogP contribution >= 0.6 is 0 Å². The molecule has 0 radical (unpaired) electrons. The van der Waals surface area contributed by atoms with Gasteiger partial charge < -0.3 is 0 Å². The SMILES string of the molecule is CC1(C)c2cc(-c3ccccc3)ccc2-c2ccc(-c3ccc4ccc5c(-c6ccc7ccc8cccc9ccc6c7c89)ccc6ccc3c4c65)cc21. The Labute approximate surface area is 308 Å². The largest absolute Gasteiger partial charge is 0.0622 e. The molecule has 0 aliphatic heterocycles. The zero-order valence-corrected chi connectivity index (χ0v) is 29.7. The van der Waals surface area contributed by atoms with Gasteiger partial charge in [0.1, 0.15) is 0 Å². The van der Waals surface area contributed by atoms with E-state index in [1.807, 2.05) is 0 Å². The summed E-state index contributed by atoms with van der Waals surface area (Å²) in [6.45, 7) is 4.78. The summed E-state index contributed by atoms with van der Waals surface area (Å²) in [5, 5.41) is 15.9. The van der Waals surface area contributed by atoms with Crippen LogP contribution in [0.5, 0.6) is 0 Å². The molecule has 0 bridgehead atoms. The van der Waals surface area contributed by atoms with E-state index in [4.69, 9.17) is 0 Å². The van der Waals surface area contributed by atoms with Gasteiger partial charge >= 0.3 is 0 Å². The fourth-order valence-corrected chi connectivity index (χ4v) is 9.97. The maximum absolute atomic E-state index is 2.47. The number of fused-ring (bicyclic) bond motifs is 3. The highest BCUT2D eigenvalue weighted by atomic mass is 14.4. The predicted molar refractivity (Wildman–Crippen MR) is 228 cm³/mol. The normalized spacial score (nSPS) is 13.6. The molecule has 246 valence electrons. The van der Waals surface area contributed by atoms with Gasteiger partial charge in [-0.05, 0) is 132 Å². The highest BCUT2D eigenvalue weighted by Gasteiger charge is 2.36. The van der Waals surface area contributed by atoms with Crippen LogP contribution in [-0.2, 0) is 5.41 Å². The number of hydrogen-bond acceptors (Lipinski definition) is 0. The quantitative estimate of drug-likeness (QED) is 0.164. The molecule has 0 spiro atoms. The molecule has 0 heteroatoms. The van der Waals surface area contributed by atoms with Crippen LogP contribution in [0.4, 0.5) is 0 Å². The van der Waals surface area contributed by atoms with E-state index in [1.54, 1.807) is 0 Å². The van der Waals surface area contributed by atoms with Crippen LogP contribution in [-0.4, -0.2) is 0 Å². The second-order valence-electron chi connectivity index (χ2n) is 15.6. The molecular formula is C53H34. The van der Waals surface area contributed by atoms with E-state index < -0.39 is 0 Å². The molecular weight excluding hydrogens is 637 g/mol. The topological polar surface area (TPSA) is 0 Å². The van der Waals surface area contributed by atoms with Crippen molar-refractivity contribution in [3.05, 3.63) is 181 Å². The Hall–Kier alpha value is -6.50. The smallest absolute Gasteiger partial charge is 0.0159 e. The molecule has 0 aromatic heterocycles. The summed E-state index contributed by atoms with van der Waals surface area (Å²) < 4.78 is 0. The molecule has 0 saturated heterocycles. The van der Waals surface area contributed by atoms with E-state index in [9.17, 15) is 0 Å². The van der Waals surface area contributed by atoms with Gasteiger partial charge in [0.25, 0.3) is 0 Å². The minimum atomic E-state index is -0.106. The summed E-state index contributed by atoms with van der Waals surface area (Å²) in [5.41, 5.74) is 13.1. The lowest BCUT2D eigenvalue weighted by atomic mass is 9.80. The Morgan fingerprint density at radius 3 is 1.28 bits per heavy atom. The molecule has 0 fully saturated rings. The van der Waals surface area contributed by atoms with Gasteiger partial charge in [-0.2, -0.15) is 0 Å². The van der Waals surface area contributed by atoms with Crippen molar-refractivity contribution in [1.29, 1.82) is 0 Å². The first kappa shape index (κ1) is 29.1. The third-order valence-electron chi connectivity index (χ3n) is 12.6. The van der Waals surface area contributed by atoms with Gasteiger partial charge in [-0.15, -0.1) is 0 Å². The molecule has 0 unspecified atom stereocenters. The molecule has 53 heavy (non-hydrogen) atoms. The van der Waals surface area contributed by atoms with Crippen LogP contribution in [0.2, 0.25) is 0 Å². The molecule has 12 rings (SSSR count). The van der Waals surface area contributed by atoms with Crippen molar-refractivity contribution < 1.29 is 0 Å². The van der Waals surface area contributed by atoms with E-state index in [0.717, 1.165) is 0 Å². The third-order valence-corrected chi connectivity index (χ3v) is 12.6. The van der Waals surface area contributed by atoms with E-state index in [0.29, 0.717) is 0 Å². The average Bonchev–Trinajstić information content (AvgIpc) is 3.44. The Morgan fingerprint density at radius 1 is 0.283 bits per heavy atom. The lowest BCUT2D eigenvalue weighted by Gasteiger charge is -2.23. The van der Waals surface area contributed by atoms with Crippen LogP contribution < -0.4 is 0 Å². The molecule has 11 aromatic rings. The molecule has 1 aliphatic rings. The number of hydrogen-bond donors (Lipinski definition) is 0. The number of benzene rings is 11. The van der Waals surface area contributed by atoms with E-state index >= 15 is 0 Å².